The molecular weight excluding hydrogens is 393 g/mol. The standard InChI is InChI=1S/C23H21F3N2O2/c24-23(25,26)19-10-8-17(9-11-19)21-15-28(12-13-30-21)22(29)27-14-18-6-3-5-16-4-1-2-7-20(16)18/h1-11,21H,12-15H2,(H,27,29)/t21-/m1/s1. The van der Waals surface area contributed by atoms with Gasteiger partial charge >= 0.3 is 12.2 Å². The topological polar surface area (TPSA) is 41.6 Å². The number of benzene rings is 3. The molecular formula is C23H21F3N2O2. The molecule has 0 spiro atoms. The van der Waals surface area contributed by atoms with E-state index < -0.39 is 17.8 Å². The van der Waals surface area contributed by atoms with Crippen molar-refractivity contribution >= 4 is 16.8 Å². The maximum absolute atomic E-state index is 12.8. The summed E-state index contributed by atoms with van der Waals surface area (Å²) in [4.78, 5) is 14.3. The Bertz CT molecular complexity index is 1030. The molecule has 1 aliphatic heterocycles. The lowest BCUT2D eigenvalue weighted by Gasteiger charge is -2.33. The summed E-state index contributed by atoms with van der Waals surface area (Å²) < 4.78 is 44.0. The summed E-state index contributed by atoms with van der Waals surface area (Å²) >= 11 is 0. The molecule has 0 unspecified atom stereocenters. The molecule has 1 heterocycles. The van der Waals surface area contributed by atoms with Crippen LogP contribution in [0.4, 0.5) is 18.0 Å². The van der Waals surface area contributed by atoms with E-state index in [1.165, 1.54) is 12.1 Å². The molecule has 0 bridgehead atoms. The SMILES string of the molecule is O=C(NCc1cccc2ccccc12)N1CCO[C@@H](c2ccc(C(F)(F)F)cc2)C1. The van der Waals surface area contributed by atoms with Crippen LogP contribution in [0.2, 0.25) is 0 Å². The molecule has 4 nitrogen and oxygen atoms in total. The normalized spacial score (nSPS) is 17.2. The van der Waals surface area contributed by atoms with Crippen LogP contribution in [-0.4, -0.2) is 30.6 Å². The van der Waals surface area contributed by atoms with Gasteiger partial charge in [0.15, 0.2) is 0 Å². The lowest BCUT2D eigenvalue weighted by atomic mass is 10.0. The molecule has 1 aliphatic rings. The molecule has 1 atom stereocenters. The number of alkyl halides is 3. The van der Waals surface area contributed by atoms with Gasteiger partial charge in [0, 0.05) is 13.1 Å². The fraction of sp³-hybridized carbons (Fsp3) is 0.261. The Morgan fingerprint density at radius 2 is 1.77 bits per heavy atom. The van der Waals surface area contributed by atoms with Gasteiger partial charge in [-0.2, -0.15) is 13.2 Å². The Morgan fingerprint density at radius 1 is 1.03 bits per heavy atom. The lowest BCUT2D eigenvalue weighted by molar-refractivity contribution is -0.137. The minimum Gasteiger partial charge on any atom is -0.370 e. The van der Waals surface area contributed by atoms with Gasteiger partial charge in [-0.3, -0.25) is 0 Å². The van der Waals surface area contributed by atoms with Crippen molar-refractivity contribution in [3.05, 3.63) is 83.4 Å². The Labute approximate surface area is 172 Å². The minimum atomic E-state index is -4.38. The largest absolute Gasteiger partial charge is 0.416 e. The number of hydrogen-bond donors (Lipinski definition) is 1. The summed E-state index contributed by atoms with van der Waals surface area (Å²) in [5.41, 5.74) is 0.940. The van der Waals surface area contributed by atoms with Crippen LogP contribution < -0.4 is 5.32 Å². The highest BCUT2D eigenvalue weighted by atomic mass is 19.4. The van der Waals surface area contributed by atoms with E-state index in [-0.39, 0.29) is 12.6 Å². The van der Waals surface area contributed by atoms with E-state index in [1.54, 1.807) is 4.90 Å². The maximum atomic E-state index is 12.8. The smallest absolute Gasteiger partial charge is 0.370 e. The van der Waals surface area contributed by atoms with Gasteiger partial charge in [-0.05, 0) is 34.0 Å². The van der Waals surface area contributed by atoms with Crippen LogP contribution in [0, 0.1) is 0 Å². The molecule has 2 amide bonds. The molecule has 30 heavy (non-hydrogen) atoms. The van der Waals surface area contributed by atoms with E-state index in [1.807, 2.05) is 42.5 Å². The highest BCUT2D eigenvalue weighted by Gasteiger charge is 2.31. The first-order chi connectivity index (χ1) is 14.4. The predicted molar refractivity (Wildman–Crippen MR) is 108 cm³/mol. The van der Waals surface area contributed by atoms with Crippen LogP contribution in [0.3, 0.4) is 0 Å². The third-order valence-electron chi connectivity index (χ3n) is 5.27. The van der Waals surface area contributed by atoms with Crippen molar-refractivity contribution in [2.24, 2.45) is 0 Å². The second-order valence-corrected chi connectivity index (χ2v) is 7.22. The van der Waals surface area contributed by atoms with E-state index in [9.17, 15) is 18.0 Å². The van der Waals surface area contributed by atoms with Gasteiger partial charge in [-0.15, -0.1) is 0 Å². The summed E-state index contributed by atoms with van der Waals surface area (Å²) in [6.07, 6.45) is -4.83. The van der Waals surface area contributed by atoms with Crippen molar-refractivity contribution in [2.75, 3.05) is 19.7 Å². The van der Waals surface area contributed by atoms with Crippen molar-refractivity contribution in [2.45, 2.75) is 18.8 Å². The van der Waals surface area contributed by atoms with Crippen molar-refractivity contribution < 1.29 is 22.7 Å². The number of nitrogens with zero attached hydrogens (tertiary/aromatic N) is 1. The first-order valence-electron chi connectivity index (χ1n) is 9.70. The summed E-state index contributed by atoms with van der Waals surface area (Å²) in [5.74, 6) is 0. The zero-order chi connectivity index (χ0) is 21.1. The Morgan fingerprint density at radius 3 is 2.53 bits per heavy atom. The number of urea groups is 1. The number of rotatable bonds is 3. The van der Waals surface area contributed by atoms with Crippen LogP contribution in [-0.2, 0) is 17.5 Å². The number of carbonyl (C=O) groups is 1. The molecule has 0 saturated carbocycles. The highest BCUT2D eigenvalue weighted by molar-refractivity contribution is 5.86. The molecule has 0 aromatic heterocycles. The first-order valence-corrected chi connectivity index (χ1v) is 9.70. The third kappa shape index (κ3) is 4.41. The summed E-state index contributed by atoms with van der Waals surface area (Å²) in [6.45, 7) is 1.43. The van der Waals surface area contributed by atoms with Gasteiger partial charge in [0.2, 0.25) is 0 Å². The fourth-order valence-corrected chi connectivity index (χ4v) is 3.65. The van der Waals surface area contributed by atoms with E-state index >= 15 is 0 Å². The number of halogens is 3. The number of amides is 2. The van der Waals surface area contributed by atoms with Crippen LogP contribution in [0.15, 0.2) is 66.7 Å². The van der Waals surface area contributed by atoms with Crippen molar-refractivity contribution in [3.8, 4) is 0 Å². The molecule has 1 N–H and O–H groups in total. The molecule has 1 fully saturated rings. The molecule has 4 rings (SSSR count). The quantitative estimate of drug-likeness (QED) is 0.645. The molecule has 0 radical (unpaired) electrons. The first kappa shape index (κ1) is 20.2. The van der Waals surface area contributed by atoms with E-state index in [4.69, 9.17) is 4.74 Å². The molecule has 0 aliphatic carbocycles. The van der Waals surface area contributed by atoms with E-state index in [0.29, 0.717) is 25.3 Å². The van der Waals surface area contributed by atoms with Crippen LogP contribution in [0.1, 0.15) is 22.8 Å². The monoisotopic (exact) mass is 414 g/mol. The highest BCUT2D eigenvalue weighted by Crippen LogP contribution is 2.31. The number of hydrogen-bond acceptors (Lipinski definition) is 2. The second kappa shape index (κ2) is 8.36. The second-order valence-electron chi connectivity index (χ2n) is 7.22. The Kier molecular flexibility index (Phi) is 5.63. The zero-order valence-corrected chi connectivity index (χ0v) is 16.2. The number of carbonyl (C=O) groups excluding carboxylic acids is 1. The predicted octanol–water partition coefficient (Wildman–Crippen LogP) is 5.14. The minimum absolute atomic E-state index is 0.219. The van der Waals surface area contributed by atoms with Gasteiger partial charge in [-0.1, -0.05) is 54.6 Å². The molecule has 3 aromatic rings. The Balaban J connectivity index is 1.40. The summed E-state index contributed by atoms with van der Waals surface area (Å²) in [5, 5.41) is 5.14. The van der Waals surface area contributed by atoms with Gasteiger partial charge in [-0.25, -0.2) is 4.79 Å². The van der Waals surface area contributed by atoms with Crippen LogP contribution >= 0.6 is 0 Å². The number of nitrogens with one attached hydrogen (secondary N) is 1. The fourth-order valence-electron chi connectivity index (χ4n) is 3.65. The average Bonchev–Trinajstić information content (AvgIpc) is 2.77. The van der Waals surface area contributed by atoms with Crippen molar-refractivity contribution in [3.63, 3.8) is 0 Å². The van der Waals surface area contributed by atoms with E-state index in [0.717, 1.165) is 28.5 Å². The van der Waals surface area contributed by atoms with Gasteiger partial charge < -0.3 is 15.0 Å². The third-order valence-corrected chi connectivity index (χ3v) is 5.27. The maximum Gasteiger partial charge on any atom is 0.416 e. The Hall–Kier alpha value is -3.06. The molecule has 156 valence electrons. The van der Waals surface area contributed by atoms with Gasteiger partial charge in [0.25, 0.3) is 0 Å². The van der Waals surface area contributed by atoms with Crippen LogP contribution in [0.25, 0.3) is 10.8 Å². The zero-order valence-electron chi connectivity index (χ0n) is 16.2. The summed E-state index contributed by atoms with van der Waals surface area (Å²) in [6, 6.07) is 18.6. The molecule has 1 saturated heterocycles. The molecule has 3 aromatic carbocycles. The number of ether oxygens (including phenoxy) is 1. The lowest BCUT2D eigenvalue weighted by Crippen LogP contribution is -2.47. The van der Waals surface area contributed by atoms with Crippen molar-refractivity contribution in [1.82, 2.24) is 10.2 Å². The summed E-state index contributed by atoms with van der Waals surface area (Å²) in [7, 11) is 0. The van der Waals surface area contributed by atoms with Crippen molar-refractivity contribution in [1.29, 1.82) is 0 Å². The van der Waals surface area contributed by atoms with Crippen LogP contribution in [0.5, 0.6) is 0 Å². The van der Waals surface area contributed by atoms with Gasteiger partial charge in [0.05, 0.1) is 18.7 Å². The average molecular weight is 414 g/mol. The van der Waals surface area contributed by atoms with E-state index in [2.05, 4.69) is 5.32 Å². The van der Waals surface area contributed by atoms with Gasteiger partial charge in [0.1, 0.15) is 6.10 Å². The number of morpholine rings is 1. The molecule has 7 heteroatoms. The number of fused-ring (bicyclic) bond motifs is 1.